The SMILES string of the molecule is Cc1cc(=O)c2ccccc2n1CC(=O)N1CCC(N2CCOC2=O)CC1. The molecule has 1 aromatic heterocycles. The van der Waals surface area contributed by atoms with E-state index in [0.717, 1.165) is 24.1 Å². The molecule has 0 unspecified atom stereocenters. The van der Waals surface area contributed by atoms with Gasteiger partial charge in [-0.2, -0.15) is 0 Å². The molecule has 142 valence electrons. The number of hydrogen-bond acceptors (Lipinski definition) is 4. The lowest BCUT2D eigenvalue weighted by atomic mass is 10.0. The zero-order valence-electron chi connectivity index (χ0n) is 15.4. The number of likely N-dealkylation sites (tertiary alicyclic amines) is 1. The Hall–Kier alpha value is -2.83. The fourth-order valence-electron chi connectivity index (χ4n) is 4.06. The van der Waals surface area contributed by atoms with Gasteiger partial charge in [0.1, 0.15) is 13.2 Å². The van der Waals surface area contributed by atoms with E-state index in [1.807, 2.05) is 34.6 Å². The van der Waals surface area contributed by atoms with Gasteiger partial charge >= 0.3 is 6.09 Å². The van der Waals surface area contributed by atoms with E-state index in [1.54, 1.807) is 17.0 Å². The third kappa shape index (κ3) is 3.29. The van der Waals surface area contributed by atoms with Gasteiger partial charge in [-0.15, -0.1) is 0 Å². The maximum atomic E-state index is 12.9. The molecule has 0 bridgehead atoms. The van der Waals surface area contributed by atoms with Crippen LogP contribution in [0, 0.1) is 6.92 Å². The Morgan fingerprint density at radius 3 is 2.59 bits per heavy atom. The summed E-state index contributed by atoms with van der Waals surface area (Å²) in [5.74, 6) is 0.0364. The zero-order valence-corrected chi connectivity index (χ0v) is 15.4. The van der Waals surface area contributed by atoms with Gasteiger partial charge in [-0.1, -0.05) is 12.1 Å². The van der Waals surface area contributed by atoms with Crippen molar-refractivity contribution in [1.29, 1.82) is 0 Å². The second kappa shape index (κ2) is 7.06. The Bertz CT molecular complexity index is 944. The molecular weight excluding hydrogens is 346 g/mol. The highest BCUT2D eigenvalue weighted by molar-refractivity contribution is 5.82. The van der Waals surface area contributed by atoms with Crippen LogP contribution in [0.1, 0.15) is 18.5 Å². The monoisotopic (exact) mass is 369 g/mol. The van der Waals surface area contributed by atoms with Crippen molar-refractivity contribution in [2.24, 2.45) is 0 Å². The molecule has 4 rings (SSSR count). The number of benzene rings is 1. The summed E-state index contributed by atoms with van der Waals surface area (Å²) in [6.45, 7) is 4.42. The van der Waals surface area contributed by atoms with E-state index >= 15 is 0 Å². The van der Waals surface area contributed by atoms with Crippen molar-refractivity contribution >= 4 is 22.9 Å². The van der Waals surface area contributed by atoms with Gasteiger partial charge in [0.05, 0.1) is 12.1 Å². The number of fused-ring (bicyclic) bond motifs is 1. The number of nitrogens with zero attached hydrogens (tertiary/aromatic N) is 3. The number of para-hydroxylation sites is 1. The summed E-state index contributed by atoms with van der Waals surface area (Å²) < 4.78 is 6.92. The van der Waals surface area contributed by atoms with Gasteiger partial charge in [0.15, 0.2) is 5.43 Å². The molecule has 7 nitrogen and oxygen atoms in total. The summed E-state index contributed by atoms with van der Waals surface area (Å²) in [6, 6.07) is 9.11. The molecule has 2 aromatic rings. The zero-order chi connectivity index (χ0) is 19.0. The van der Waals surface area contributed by atoms with Crippen molar-refractivity contribution in [2.45, 2.75) is 32.4 Å². The van der Waals surface area contributed by atoms with E-state index in [-0.39, 0.29) is 30.0 Å². The quantitative estimate of drug-likeness (QED) is 0.826. The number of piperidine rings is 1. The number of ether oxygens (including phenoxy) is 1. The van der Waals surface area contributed by atoms with E-state index in [2.05, 4.69) is 0 Å². The molecule has 0 N–H and O–H groups in total. The number of carbonyl (C=O) groups excluding carboxylic acids is 2. The first-order chi connectivity index (χ1) is 13.0. The van der Waals surface area contributed by atoms with E-state index in [9.17, 15) is 14.4 Å². The molecule has 27 heavy (non-hydrogen) atoms. The van der Waals surface area contributed by atoms with Crippen LogP contribution in [0.25, 0.3) is 10.9 Å². The van der Waals surface area contributed by atoms with Crippen molar-refractivity contribution < 1.29 is 14.3 Å². The van der Waals surface area contributed by atoms with Crippen LogP contribution in [0.4, 0.5) is 4.79 Å². The van der Waals surface area contributed by atoms with Crippen LogP contribution in [0.2, 0.25) is 0 Å². The van der Waals surface area contributed by atoms with E-state index in [4.69, 9.17) is 4.74 Å². The van der Waals surface area contributed by atoms with E-state index < -0.39 is 0 Å². The summed E-state index contributed by atoms with van der Waals surface area (Å²) >= 11 is 0. The Labute approximate surface area is 157 Å². The van der Waals surface area contributed by atoms with Crippen LogP contribution in [0.15, 0.2) is 35.1 Å². The lowest BCUT2D eigenvalue weighted by Gasteiger charge is -2.35. The first-order valence-corrected chi connectivity index (χ1v) is 9.35. The van der Waals surface area contributed by atoms with Crippen molar-refractivity contribution in [3.8, 4) is 0 Å². The first-order valence-electron chi connectivity index (χ1n) is 9.35. The Kier molecular flexibility index (Phi) is 4.59. The molecule has 0 atom stereocenters. The van der Waals surface area contributed by atoms with E-state index in [1.165, 1.54) is 0 Å². The average Bonchev–Trinajstić information content (AvgIpc) is 3.11. The van der Waals surface area contributed by atoms with Crippen LogP contribution in [0.5, 0.6) is 0 Å². The van der Waals surface area contributed by atoms with Crippen molar-refractivity contribution in [2.75, 3.05) is 26.2 Å². The average molecular weight is 369 g/mol. The Morgan fingerprint density at radius 2 is 1.89 bits per heavy atom. The van der Waals surface area contributed by atoms with Crippen molar-refractivity contribution in [3.05, 3.63) is 46.2 Å². The van der Waals surface area contributed by atoms with Crippen LogP contribution < -0.4 is 5.43 Å². The highest BCUT2D eigenvalue weighted by atomic mass is 16.6. The molecule has 2 amide bonds. The Balaban J connectivity index is 1.47. The molecule has 2 saturated heterocycles. The molecule has 2 aliphatic rings. The molecule has 1 aromatic carbocycles. The lowest BCUT2D eigenvalue weighted by molar-refractivity contribution is -0.133. The third-order valence-electron chi connectivity index (χ3n) is 5.57. The molecule has 2 fully saturated rings. The largest absolute Gasteiger partial charge is 0.448 e. The number of aryl methyl sites for hydroxylation is 1. The van der Waals surface area contributed by atoms with Crippen molar-refractivity contribution in [3.63, 3.8) is 0 Å². The van der Waals surface area contributed by atoms with Gasteiger partial charge in [0, 0.05) is 36.3 Å². The molecule has 7 heteroatoms. The third-order valence-corrected chi connectivity index (χ3v) is 5.57. The maximum Gasteiger partial charge on any atom is 0.410 e. The van der Waals surface area contributed by atoms with Crippen LogP contribution >= 0.6 is 0 Å². The van der Waals surface area contributed by atoms with E-state index in [0.29, 0.717) is 31.6 Å². The van der Waals surface area contributed by atoms with Gasteiger partial charge in [0.2, 0.25) is 5.91 Å². The molecule has 0 aliphatic carbocycles. The van der Waals surface area contributed by atoms with Gasteiger partial charge in [0.25, 0.3) is 0 Å². The number of cyclic esters (lactones) is 1. The van der Waals surface area contributed by atoms with Crippen LogP contribution in [-0.4, -0.2) is 58.7 Å². The molecule has 0 radical (unpaired) electrons. The molecule has 2 aliphatic heterocycles. The maximum absolute atomic E-state index is 12.9. The summed E-state index contributed by atoms with van der Waals surface area (Å²) in [5, 5.41) is 0.627. The second-order valence-corrected chi connectivity index (χ2v) is 7.17. The minimum atomic E-state index is -0.241. The number of amides is 2. The minimum absolute atomic E-state index is 0.0230. The highest BCUT2D eigenvalue weighted by Gasteiger charge is 2.33. The van der Waals surface area contributed by atoms with Crippen LogP contribution in [-0.2, 0) is 16.1 Å². The van der Waals surface area contributed by atoms with Crippen LogP contribution in [0.3, 0.4) is 0 Å². The van der Waals surface area contributed by atoms with Gasteiger partial charge in [-0.3, -0.25) is 9.59 Å². The molecule has 3 heterocycles. The summed E-state index contributed by atoms with van der Waals surface area (Å²) in [6.07, 6.45) is 1.30. The Morgan fingerprint density at radius 1 is 1.15 bits per heavy atom. The van der Waals surface area contributed by atoms with Gasteiger partial charge < -0.3 is 19.1 Å². The lowest BCUT2D eigenvalue weighted by Crippen LogP contribution is -2.47. The second-order valence-electron chi connectivity index (χ2n) is 7.17. The smallest absolute Gasteiger partial charge is 0.410 e. The fourth-order valence-corrected chi connectivity index (χ4v) is 4.06. The number of carbonyl (C=O) groups is 2. The molecule has 0 spiro atoms. The summed E-state index contributed by atoms with van der Waals surface area (Å²) in [4.78, 5) is 40.4. The standard InChI is InChI=1S/C20H23N3O4/c1-14-12-18(24)16-4-2-3-5-17(16)23(14)13-19(25)21-8-6-15(7-9-21)22-10-11-27-20(22)26/h2-5,12,15H,6-11,13H2,1H3. The number of aromatic nitrogens is 1. The highest BCUT2D eigenvalue weighted by Crippen LogP contribution is 2.21. The summed E-state index contributed by atoms with van der Waals surface area (Å²) in [7, 11) is 0. The molecule has 0 saturated carbocycles. The molecular formula is C20H23N3O4. The fraction of sp³-hybridized carbons (Fsp3) is 0.450. The topological polar surface area (TPSA) is 71.8 Å². The number of hydrogen-bond donors (Lipinski definition) is 0. The van der Waals surface area contributed by atoms with Crippen molar-refractivity contribution in [1.82, 2.24) is 14.4 Å². The summed E-state index contributed by atoms with van der Waals surface area (Å²) in [5.41, 5.74) is 1.54. The van der Waals surface area contributed by atoms with Gasteiger partial charge in [-0.25, -0.2) is 4.79 Å². The minimum Gasteiger partial charge on any atom is -0.448 e. The first kappa shape index (κ1) is 17.6. The number of rotatable bonds is 3. The normalized spacial score (nSPS) is 18.2. The van der Waals surface area contributed by atoms with Gasteiger partial charge in [-0.05, 0) is 31.9 Å². The predicted molar refractivity (Wildman–Crippen MR) is 101 cm³/mol. The predicted octanol–water partition coefficient (Wildman–Crippen LogP) is 1.75. The number of pyridine rings is 1.